The highest BCUT2D eigenvalue weighted by atomic mass is 16.7. The number of ether oxygens (including phenoxy) is 3. The number of hydrogen-bond acceptors (Lipinski definition) is 3. The van der Waals surface area contributed by atoms with E-state index in [-0.39, 0.29) is 6.29 Å². The fraction of sp³-hybridized carbons (Fsp3) is 0.625. The van der Waals surface area contributed by atoms with Gasteiger partial charge in [0.25, 0.3) is 0 Å². The summed E-state index contributed by atoms with van der Waals surface area (Å²) in [5.41, 5.74) is 1.36. The molecule has 0 saturated heterocycles. The van der Waals surface area contributed by atoms with E-state index < -0.39 is 0 Å². The van der Waals surface area contributed by atoms with Gasteiger partial charge >= 0.3 is 0 Å². The lowest BCUT2D eigenvalue weighted by Crippen LogP contribution is -2.25. The number of hydrogen-bond donors (Lipinski definition) is 0. The first-order valence-electron chi connectivity index (χ1n) is 7.25. The fourth-order valence-corrected chi connectivity index (χ4v) is 1.81. The molecule has 3 heteroatoms. The molecule has 0 bridgehead atoms. The van der Waals surface area contributed by atoms with Gasteiger partial charge in [0.05, 0.1) is 0 Å². The van der Waals surface area contributed by atoms with Gasteiger partial charge in [-0.3, -0.25) is 0 Å². The summed E-state index contributed by atoms with van der Waals surface area (Å²) < 4.78 is 16.6. The van der Waals surface area contributed by atoms with Crippen LogP contribution in [0.25, 0.3) is 0 Å². The molecular formula is C16H26O3. The van der Waals surface area contributed by atoms with E-state index in [0.717, 1.165) is 12.2 Å². The smallest absolute Gasteiger partial charge is 0.191 e. The first-order chi connectivity index (χ1) is 9.30. The zero-order valence-electron chi connectivity index (χ0n) is 12.4. The van der Waals surface area contributed by atoms with Gasteiger partial charge in [0.1, 0.15) is 12.4 Å². The van der Waals surface area contributed by atoms with Gasteiger partial charge in [-0.2, -0.15) is 0 Å². The molecule has 0 amide bonds. The molecule has 0 aliphatic carbocycles. The predicted molar refractivity (Wildman–Crippen MR) is 77.6 cm³/mol. The summed E-state index contributed by atoms with van der Waals surface area (Å²) in [5.74, 6) is 0.865. The molecule has 1 aromatic carbocycles. The highest BCUT2D eigenvalue weighted by Crippen LogP contribution is 2.14. The number of unbranched alkanes of at least 4 members (excludes halogenated alkanes) is 1. The second-order valence-electron chi connectivity index (χ2n) is 4.40. The van der Waals surface area contributed by atoms with Crippen LogP contribution in [0.5, 0.6) is 5.75 Å². The summed E-state index contributed by atoms with van der Waals surface area (Å²) >= 11 is 0. The molecule has 19 heavy (non-hydrogen) atoms. The topological polar surface area (TPSA) is 27.7 Å². The first kappa shape index (κ1) is 16.0. The van der Waals surface area contributed by atoms with E-state index in [1.165, 1.54) is 18.4 Å². The second-order valence-corrected chi connectivity index (χ2v) is 4.40. The monoisotopic (exact) mass is 266 g/mol. The van der Waals surface area contributed by atoms with Gasteiger partial charge in [-0.25, -0.2) is 0 Å². The Morgan fingerprint density at radius 3 is 2.11 bits per heavy atom. The molecule has 0 aliphatic rings. The molecule has 0 aromatic heterocycles. The summed E-state index contributed by atoms with van der Waals surface area (Å²) in [6, 6.07) is 8.28. The summed E-state index contributed by atoms with van der Waals surface area (Å²) in [5, 5.41) is 0. The van der Waals surface area contributed by atoms with Gasteiger partial charge < -0.3 is 14.2 Å². The number of benzene rings is 1. The van der Waals surface area contributed by atoms with Crippen LogP contribution in [0.3, 0.4) is 0 Å². The molecule has 0 atom stereocenters. The Bertz CT molecular complexity index is 315. The van der Waals surface area contributed by atoms with Crippen molar-refractivity contribution in [3.8, 4) is 5.75 Å². The number of rotatable bonds is 10. The van der Waals surface area contributed by atoms with Crippen LogP contribution in [0.1, 0.15) is 39.2 Å². The standard InChI is InChI=1S/C16H26O3/c1-4-7-8-14-9-11-15(12-10-14)19-13-16(17-5-2)18-6-3/h9-12,16H,4-8,13H2,1-3H3. The van der Waals surface area contributed by atoms with E-state index in [2.05, 4.69) is 19.1 Å². The minimum absolute atomic E-state index is 0.283. The molecule has 0 heterocycles. The largest absolute Gasteiger partial charge is 0.488 e. The Kier molecular flexibility index (Phi) is 8.26. The van der Waals surface area contributed by atoms with Gasteiger partial charge in [-0.1, -0.05) is 25.5 Å². The molecule has 1 rings (SSSR count). The Morgan fingerprint density at radius 2 is 1.58 bits per heavy atom. The van der Waals surface area contributed by atoms with Crippen molar-refractivity contribution >= 4 is 0 Å². The molecule has 0 radical (unpaired) electrons. The molecule has 0 unspecified atom stereocenters. The van der Waals surface area contributed by atoms with Crippen LogP contribution in [-0.2, 0) is 15.9 Å². The van der Waals surface area contributed by atoms with Crippen LogP contribution in [0, 0.1) is 0 Å². The highest BCUT2D eigenvalue weighted by Gasteiger charge is 2.08. The maximum absolute atomic E-state index is 5.68. The van der Waals surface area contributed by atoms with Crippen molar-refractivity contribution in [1.82, 2.24) is 0 Å². The van der Waals surface area contributed by atoms with Crippen molar-refractivity contribution in [2.24, 2.45) is 0 Å². The first-order valence-corrected chi connectivity index (χ1v) is 7.25. The third-order valence-corrected chi connectivity index (χ3v) is 2.83. The van der Waals surface area contributed by atoms with Crippen molar-refractivity contribution in [2.45, 2.75) is 46.3 Å². The van der Waals surface area contributed by atoms with Crippen molar-refractivity contribution in [3.63, 3.8) is 0 Å². The normalized spacial score (nSPS) is 10.9. The third-order valence-electron chi connectivity index (χ3n) is 2.83. The van der Waals surface area contributed by atoms with Crippen molar-refractivity contribution < 1.29 is 14.2 Å². The van der Waals surface area contributed by atoms with Crippen LogP contribution in [-0.4, -0.2) is 26.1 Å². The van der Waals surface area contributed by atoms with E-state index in [1.807, 2.05) is 26.0 Å². The van der Waals surface area contributed by atoms with Crippen LogP contribution >= 0.6 is 0 Å². The van der Waals surface area contributed by atoms with Crippen molar-refractivity contribution in [1.29, 1.82) is 0 Å². The average molecular weight is 266 g/mol. The summed E-state index contributed by atoms with van der Waals surface area (Å²) in [6.45, 7) is 7.80. The van der Waals surface area contributed by atoms with E-state index >= 15 is 0 Å². The lowest BCUT2D eigenvalue weighted by atomic mass is 10.1. The Morgan fingerprint density at radius 1 is 0.947 bits per heavy atom. The fourth-order valence-electron chi connectivity index (χ4n) is 1.81. The third kappa shape index (κ3) is 6.60. The predicted octanol–water partition coefficient (Wildman–Crippen LogP) is 3.81. The molecule has 0 spiro atoms. The minimum atomic E-state index is -0.283. The molecule has 3 nitrogen and oxygen atoms in total. The quantitative estimate of drug-likeness (QED) is 0.603. The van der Waals surface area contributed by atoms with Crippen LogP contribution in [0.2, 0.25) is 0 Å². The molecule has 0 aliphatic heterocycles. The maximum Gasteiger partial charge on any atom is 0.191 e. The molecule has 108 valence electrons. The van der Waals surface area contributed by atoms with Gasteiger partial charge in [-0.15, -0.1) is 0 Å². The minimum Gasteiger partial charge on any atom is -0.488 e. The van der Waals surface area contributed by atoms with E-state index in [0.29, 0.717) is 19.8 Å². The van der Waals surface area contributed by atoms with Gasteiger partial charge in [-0.05, 0) is 44.4 Å². The van der Waals surface area contributed by atoms with Crippen LogP contribution < -0.4 is 4.74 Å². The molecule has 0 N–H and O–H groups in total. The summed E-state index contributed by atoms with van der Waals surface area (Å²) in [4.78, 5) is 0. The van der Waals surface area contributed by atoms with Gasteiger partial charge in [0.2, 0.25) is 0 Å². The van der Waals surface area contributed by atoms with Crippen LogP contribution in [0.4, 0.5) is 0 Å². The molecule has 0 saturated carbocycles. The van der Waals surface area contributed by atoms with E-state index in [9.17, 15) is 0 Å². The molecular weight excluding hydrogens is 240 g/mol. The SMILES string of the molecule is CCCCc1ccc(OCC(OCC)OCC)cc1. The van der Waals surface area contributed by atoms with Crippen LogP contribution in [0.15, 0.2) is 24.3 Å². The lowest BCUT2D eigenvalue weighted by molar-refractivity contribution is -0.152. The Balaban J connectivity index is 2.39. The average Bonchev–Trinajstić information content (AvgIpc) is 2.44. The summed E-state index contributed by atoms with van der Waals surface area (Å²) in [6.07, 6.45) is 3.31. The van der Waals surface area contributed by atoms with E-state index in [1.54, 1.807) is 0 Å². The molecule has 0 fully saturated rings. The maximum atomic E-state index is 5.68. The zero-order chi connectivity index (χ0) is 13.9. The summed E-state index contributed by atoms with van der Waals surface area (Å²) in [7, 11) is 0. The van der Waals surface area contributed by atoms with Gasteiger partial charge in [0.15, 0.2) is 6.29 Å². The number of aryl methyl sites for hydroxylation is 1. The Hall–Kier alpha value is -1.06. The van der Waals surface area contributed by atoms with Gasteiger partial charge in [0, 0.05) is 13.2 Å². The molecule has 1 aromatic rings. The lowest BCUT2D eigenvalue weighted by Gasteiger charge is -2.17. The second kappa shape index (κ2) is 9.82. The van der Waals surface area contributed by atoms with Crippen molar-refractivity contribution in [2.75, 3.05) is 19.8 Å². The van der Waals surface area contributed by atoms with Crippen molar-refractivity contribution in [3.05, 3.63) is 29.8 Å². The Labute approximate surface area is 116 Å². The van der Waals surface area contributed by atoms with E-state index in [4.69, 9.17) is 14.2 Å². The highest BCUT2D eigenvalue weighted by molar-refractivity contribution is 5.27. The zero-order valence-corrected chi connectivity index (χ0v) is 12.4.